The van der Waals surface area contributed by atoms with Gasteiger partial charge >= 0.3 is 12.1 Å². The van der Waals surface area contributed by atoms with E-state index in [2.05, 4.69) is 31.9 Å². The Morgan fingerprint density at radius 1 is 1.05 bits per heavy atom. The number of nitrogens with one attached hydrogen (secondary N) is 5. The molecule has 1 aliphatic carbocycles. The SMILES string of the molecule is CCC(/C=N/NC(=O)NCC1CCC(C(=O)NC)CC1)NC(=O)C1CCCN2C(=O)CCN(NC)C(=O)N12. The number of amides is 7. The molecule has 3 rings (SSSR count). The summed E-state index contributed by atoms with van der Waals surface area (Å²) in [6.45, 7) is 2.98. The van der Waals surface area contributed by atoms with Crippen LogP contribution in [0.25, 0.3) is 0 Å². The van der Waals surface area contributed by atoms with E-state index in [0.717, 1.165) is 25.7 Å². The first-order valence-electron chi connectivity index (χ1n) is 13.5. The van der Waals surface area contributed by atoms with Crippen LogP contribution in [0.2, 0.25) is 0 Å². The topological polar surface area (TPSA) is 168 Å². The molecule has 2 saturated heterocycles. The molecule has 2 atom stereocenters. The van der Waals surface area contributed by atoms with E-state index < -0.39 is 24.1 Å². The molecule has 5 N–H and O–H groups in total. The first-order valence-corrected chi connectivity index (χ1v) is 13.5. The van der Waals surface area contributed by atoms with Crippen molar-refractivity contribution in [1.29, 1.82) is 0 Å². The minimum atomic E-state index is -0.827. The van der Waals surface area contributed by atoms with Crippen molar-refractivity contribution in [2.24, 2.45) is 16.9 Å². The van der Waals surface area contributed by atoms with Crippen LogP contribution in [-0.4, -0.2) is 96.8 Å². The Kier molecular flexibility index (Phi) is 10.7. The fourth-order valence-corrected chi connectivity index (χ4v) is 5.14. The lowest BCUT2D eigenvalue weighted by molar-refractivity contribution is -0.155. The van der Waals surface area contributed by atoms with Gasteiger partial charge in [-0.1, -0.05) is 6.92 Å². The van der Waals surface area contributed by atoms with Crippen molar-refractivity contribution in [3.05, 3.63) is 0 Å². The summed E-state index contributed by atoms with van der Waals surface area (Å²) < 4.78 is 0. The van der Waals surface area contributed by atoms with Crippen molar-refractivity contribution in [3.8, 4) is 0 Å². The monoisotopic (exact) mass is 535 g/mol. The van der Waals surface area contributed by atoms with Gasteiger partial charge in [0.05, 0.1) is 6.04 Å². The quantitative estimate of drug-likeness (QED) is 0.204. The molecule has 0 aromatic heterocycles. The highest BCUT2D eigenvalue weighted by Crippen LogP contribution is 2.28. The van der Waals surface area contributed by atoms with Crippen LogP contribution in [-0.2, 0) is 14.4 Å². The maximum atomic E-state index is 13.2. The van der Waals surface area contributed by atoms with Gasteiger partial charge < -0.3 is 16.0 Å². The zero-order valence-corrected chi connectivity index (χ0v) is 22.5. The maximum Gasteiger partial charge on any atom is 0.353 e. The highest BCUT2D eigenvalue weighted by atomic mass is 16.2. The van der Waals surface area contributed by atoms with Crippen molar-refractivity contribution in [2.75, 3.05) is 33.7 Å². The number of rotatable bonds is 9. The minimum Gasteiger partial charge on any atom is -0.359 e. The number of hydrogen-bond acceptors (Lipinski definition) is 7. The minimum absolute atomic E-state index is 0.0489. The van der Waals surface area contributed by atoms with Gasteiger partial charge in [-0.05, 0) is 50.9 Å². The van der Waals surface area contributed by atoms with Gasteiger partial charge in [0, 0.05) is 52.3 Å². The molecule has 3 fully saturated rings. The predicted octanol–water partition coefficient (Wildman–Crippen LogP) is -0.113. The van der Waals surface area contributed by atoms with Crippen LogP contribution < -0.4 is 26.8 Å². The molecule has 7 amide bonds. The molecular formula is C24H41N9O5. The summed E-state index contributed by atoms with van der Waals surface area (Å²) in [6, 6.07) is -2.19. The molecule has 2 heterocycles. The summed E-state index contributed by atoms with van der Waals surface area (Å²) in [5.74, 6) is -0.141. The number of hydrazine groups is 2. The molecular weight excluding hydrogens is 494 g/mol. The summed E-state index contributed by atoms with van der Waals surface area (Å²) in [7, 11) is 3.25. The second kappa shape index (κ2) is 13.9. The van der Waals surface area contributed by atoms with Gasteiger partial charge in [0.25, 0.3) is 0 Å². The largest absolute Gasteiger partial charge is 0.359 e. The van der Waals surface area contributed by atoms with E-state index in [1.54, 1.807) is 14.1 Å². The average Bonchev–Trinajstić information content (AvgIpc) is 3.06. The summed E-state index contributed by atoms with van der Waals surface area (Å²) in [4.78, 5) is 62.7. The summed E-state index contributed by atoms with van der Waals surface area (Å²) in [5, 5.41) is 16.3. The van der Waals surface area contributed by atoms with Gasteiger partial charge in [0.1, 0.15) is 6.04 Å². The van der Waals surface area contributed by atoms with Gasteiger partial charge in [0.2, 0.25) is 17.7 Å². The van der Waals surface area contributed by atoms with Crippen molar-refractivity contribution in [2.45, 2.75) is 70.4 Å². The molecule has 212 valence electrons. The lowest BCUT2D eigenvalue weighted by Gasteiger charge is -2.42. The Hall–Kier alpha value is -3.42. The van der Waals surface area contributed by atoms with Gasteiger partial charge in [-0.15, -0.1) is 0 Å². The van der Waals surface area contributed by atoms with Crippen LogP contribution in [0.15, 0.2) is 5.10 Å². The molecule has 0 spiro atoms. The number of carbonyl (C=O) groups excluding carboxylic acids is 5. The first kappa shape index (κ1) is 29.1. The van der Waals surface area contributed by atoms with E-state index in [9.17, 15) is 24.0 Å². The molecule has 3 aliphatic rings. The predicted molar refractivity (Wildman–Crippen MR) is 139 cm³/mol. The van der Waals surface area contributed by atoms with E-state index in [4.69, 9.17) is 0 Å². The summed E-state index contributed by atoms with van der Waals surface area (Å²) in [6.07, 6.45) is 6.54. The Morgan fingerprint density at radius 2 is 1.79 bits per heavy atom. The Balaban J connectivity index is 1.47. The van der Waals surface area contributed by atoms with Crippen LogP contribution in [0.1, 0.15) is 58.3 Å². The van der Waals surface area contributed by atoms with Crippen molar-refractivity contribution in [3.63, 3.8) is 0 Å². The van der Waals surface area contributed by atoms with Crippen LogP contribution in [0.5, 0.6) is 0 Å². The average molecular weight is 536 g/mol. The summed E-state index contributed by atoms with van der Waals surface area (Å²) >= 11 is 0. The number of nitrogens with zero attached hydrogens (tertiary/aromatic N) is 4. The molecule has 0 aromatic carbocycles. The standard InChI is InChI=1S/C24H41N9O5/c1-4-18(15-28-30-23(37)27-14-16-7-9-17(10-8-16)21(35)25-2)29-22(36)19-6-5-12-32-20(34)11-13-31(26-3)24(38)33(19)32/h15-19,26H,4-14H2,1-3H3,(H,25,35)(H,29,36)(H2,27,30,37)/b28-15+. The third kappa shape index (κ3) is 7.33. The molecule has 14 nitrogen and oxygen atoms in total. The van der Waals surface area contributed by atoms with Crippen LogP contribution >= 0.6 is 0 Å². The zero-order valence-electron chi connectivity index (χ0n) is 22.5. The number of urea groups is 2. The second-order valence-electron chi connectivity index (χ2n) is 9.88. The fourth-order valence-electron chi connectivity index (χ4n) is 5.14. The third-order valence-corrected chi connectivity index (χ3v) is 7.44. The lowest BCUT2D eigenvalue weighted by Crippen LogP contribution is -2.64. The van der Waals surface area contributed by atoms with Crippen molar-refractivity contribution in [1.82, 2.24) is 41.8 Å². The van der Waals surface area contributed by atoms with Gasteiger partial charge in [0.15, 0.2) is 0 Å². The van der Waals surface area contributed by atoms with Crippen LogP contribution in [0.4, 0.5) is 9.59 Å². The van der Waals surface area contributed by atoms with Gasteiger partial charge in [-0.2, -0.15) is 5.10 Å². The van der Waals surface area contributed by atoms with Gasteiger partial charge in [-0.3, -0.25) is 19.4 Å². The number of hydrogen-bond donors (Lipinski definition) is 5. The lowest BCUT2D eigenvalue weighted by atomic mass is 9.81. The molecule has 14 heteroatoms. The highest BCUT2D eigenvalue weighted by molar-refractivity contribution is 5.91. The van der Waals surface area contributed by atoms with Crippen molar-refractivity contribution >= 4 is 36.0 Å². The highest BCUT2D eigenvalue weighted by Gasteiger charge is 2.43. The second-order valence-corrected chi connectivity index (χ2v) is 9.88. The molecule has 1 saturated carbocycles. The molecule has 38 heavy (non-hydrogen) atoms. The van der Waals surface area contributed by atoms with Crippen LogP contribution in [0.3, 0.4) is 0 Å². The van der Waals surface area contributed by atoms with Gasteiger partial charge in [-0.25, -0.2) is 30.5 Å². The van der Waals surface area contributed by atoms with Crippen LogP contribution in [0, 0.1) is 11.8 Å². The van der Waals surface area contributed by atoms with E-state index in [1.165, 1.54) is 21.2 Å². The third-order valence-electron chi connectivity index (χ3n) is 7.44. The fraction of sp³-hybridized carbons (Fsp3) is 0.750. The first-order chi connectivity index (χ1) is 18.3. The Bertz CT molecular complexity index is 906. The zero-order chi connectivity index (χ0) is 27.7. The molecule has 0 aromatic rings. The Morgan fingerprint density at radius 3 is 2.45 bits per heavy atom. The van der Waals surface area contributed by atoms with E-state index in [-0.39, 0.29) is 36.6 Å². The number of hydrazone groups is 1. The normalized spacial score (nSPS) is 24.9. The molecule has 0 bridgehead atoms. The maximum absolute atomic E-state index is 13.2. The van der Waals surface area contributed by atoms with E-state index in [0.29, 0.717) is 38.3 Å². The molecule has 0 radical (unpaired) electrons. The molecule has 2 unspecified atom stereocenters. The van der Waals surface area contributed by atoms with Crippen molar-refractivity contribution < 1.29 is 24.0 Å². The van der Waals surface area contributed by atoms with E-state index >= 15 is 0 Å². The molecule has 2 aliphatic heterocycles. The summed E-state index contributed by atoms with van der Waals surface area (Å²) in [5.41, 5.74) is 5.21. The number of fused-ring (bicyclic) bond motifs is 1. The number of carbonyl (C=O) groups is 5. The van der Waals surface area contributed by atoms with E-state index in [1.807, 2.05) is 6.92 Å². The Labute approximate surface area is 223 Å². The smallest absolute Gasteiger partial charge is 0.353 e.